The van der Waals surface area contributed by atoms with Gasteiger partial charge in [0.15, 0.2) is 0 Å². The monoisotopic (exact) mass is 497 g/mol. The number of amides is 1. The minimum absolute atomic E-state index is 0.0935. The highest BCUT2D eigenvalue weighted by Crippen LogP contribution is 2.25. The van der Waals surface area contributed by atoms with E-state index < -0.39 is 10.0 Å². The zero-order chi connectivity index (χ0) is 24.5. The van der Waals surface area contributed by atoms with Crippen molar-refractivity contribution in [3.63, 3.8) is 0 Å². The molecule has 2 fully saturated rings. The summed E-state index contributed by atoms with van der Waals surface area (Å²) in [6.07, 6.45) is 6.61. The Hall–Kier alpha value is -2.22. The van der Waals surface area contributed by atoms with E-state index in [4.69, 9.17) is 0 Å². The van der Waals surface area contributed by atoms with Crippen molar-refractivity contribution in [1.82, 2.24) is 14.5 Å². The van der Waals surface area contributed by atoms with Crippen LogP contribution in [0.1, 0.15) is 44.1 Å². The lowest BCUT2D eigenvalue weighted by Crippen LogP contribution is -2.40. The molecule has 4 rings (SSSR count). The van der Waals surface area contributed by atoms with Crippen LogP contribution in [-0.2, 0) is 21.2 Å². The number of hydrogen-bond acceptors (Lipinski definition) is 4. The highest BCUT2D eigenvalue weighted by molar-refractivity contribution is 7.89. The molecule has 2 saturated heterocycles. The average Bonchev–Trinajstić information content (AvgIpc) is 2.89. The Morgan fingerprint density at radius 2 is 1.43 bits per heavy atom. The van der Waals surface area contributed by atoms with Crippen molar-refractivity contribution < 1.29 is 13.2 Å². The number of hydrogen-bond donors (Lipinski definition) is 1. The molecular weight excluding hydrogens is 458 g/mol. The van der Waals surface area contributed by atoms with E-state index in [0.717, 1.165) is 44.8 Å². The summed E-state index contributed by atoms with van der Waals surface area (Å²) in [5.41, 5.74) is 1.44. The van der Waals surface area contributed by atoms with Crippen LogP contribution in [0.5, 0.6) is 0 Å². The number of rotatable bonds is 10. The second-order valence-corrected chi connectivity index (χ2v) is 12.0. The highest BCUT2D eigenvalue weighted by atomic mass is 32.2. The van der Waals surface area contributed by atoms with E-state index >= 15 is 0 Å². The molecule has 0 aliphatic carbocycles. The number of sulfonamides is 1. The maximum absolute atomic E-state index is 12.8. The van der Waals surface area contributed by atoms with Crippen LogP contribution in [0.15, 0.2) is 65.6 Å². The van der Waals surface area contributed by atoms with Gasteiger partial charge in [-0.1, -0.05) is 48.5 Å². The lowest BCUT2D eigenvalue weighted by molar-refractivity contribution is -0.122. The Balaban J connectivity index is 1.07. The number of carbonyl (C=O) groups excluding carboxylic acids is 1. The third-order valence-electron chi connectivity index (χ3n) is 7.48. The molecule has 1 N–H and O–H groups in total. The maximum atomic E-state index is 12.8. The Morgan fingerprint density at radius 1 is 0.829 bits per heavy atom. The number of benzene rings is 2. The number of likely N-dealkylation sites (tertiary alicyclic amines) is 1. The molecule has 1 amide bonds. The summed E-state index contributed by atoms with van der Waals surface area (Å²) < 4.78 is 27.1. The summed E-state index contributed by atoms with van der Waals surface area (Å²) >= 11 is 0. The van der Waals surface area contributed by atoms with Gasteiger partial charge in [0.1, 0.15) is 0 Å². The molecule has 2 heterocycles. The Labute approximate surface area is 210 Å². The molecular formula is C28H39N3O3S. The molecule has 0 saturated carbocycles. The van der Waals surface area contributed by atoms with Crippen molar-refractivity contribution in [1.29, 1.82) is 0 Å². The molecule has 0 spiro atoms. The summed E-state index contributed by atoms with van der Waals surface area (Å²) in [7, 11) is -3.43. The SMILES string of the molecule is O=C(CC1CCN(S(=O)(=O)c2ccccc2)CC1)NCCCN1CCC(Cc2ccccc2)CC1. The highest BCUT2D eigenvalue weighted by Gasteiger charge is 2.30. The second-order valence-electron chi connectivity index (χ2n) is 10.0. The van der Waals surface area contributed by atoms with Gasteiger partial charge in [-0.3, -0.25) is 4.79 Å². The summed E-state index contributed by atoms with van der Waals surface area (Å²) in [6.45, 7) is 5.01. The standard InChI is InChI=1S/C28H39N3O3S/c32-28(23-26-14-20-31(21-15-26)35(33,34)27-10-5-2-6-11-27)29-16-7-17-30-18-12-25(13-19-30)22-24-8-3-1-4-9-24/h1-6,8-11,25-26H,7,12-23H2,(H,29,32). The Morgan fingerprint density at radius 3 is 2.09 bits per heavy atom. The van der Waals surface area contributed by atoms with E-state index in [2.05, 4.69) is 40.5 Å². The van der Waals surface area contributed by atoms with Crippen LogP contribution in [0.25, 0.3) is 0 Å². The van der Waals surface area contributed by atoms with E-state index in [1.165, 1.54) is 24.8 Å². The van der Waals surface area contributed by atoms with Gasteiger partial charge >= 0.3 is 0 Å². The van der Waals surface area contributed by atoms with E-state index in [-0.39, 0.29) is 11.8 Å². The zero-order valence-electron chi connectivity index (χ0n) is 20.6. The topological polar surface area (TPSA) is 69.7 Å². The largest absolute Gasteiger partial charge is 0.356 e. The molecule has 0 unspecified atom stereocenters. The summed E-state index contributed by atoms with van der Waals surface area (Å²) in [5, 5.41) is 3.08. The van der Waals surface area contributed by atoms with Gasteiger partial charge in [-0.05, 0) is 87.7 Å². The predicted molar refractivity (Wildman–Crippen MR) is 139 cm³/mol. The smallest absolute Gasteiger partial charge is 0.243 e. The molecule has 2 aromatic rings. The van der Waals surface area contributed by atoms with Crippen LogP contribution in [0.4, 0.5) is 0 Å². The first-order valence-corrected chi connectivity index (χ1v) is 14.5. The van der Waals surface area contributed by atoms with Gasteiger partial charge in [0.2, 0.25) is 15.9 Å². The molecule has 2 aliphatic heterocycles. The number of carbonyl (C=O) groups is 1. The lowest BCUT2D eigenvalue weighted by atomic mass is 9.90. The van der Waals surface area contributed by atoms with Gasteiger partial charge in [-0.2, -0.15) is 4.31 Å². The van der Waals surface area contributed by atoms with Crippen LogP contribution < -0.4 is 5.32 Å². The van der Waals surface area contributed by atoms with Gasteiger partial charge in [-0.25, -0.2) is 8.42 Å². The second kappa shape index (κ2) is 12.7. The third-order valence-corrected chi connectivity index (χ3v) is 9.39. The Kier molecular flexibility index (Phi) is 9.35. The van der Waals surface area contributed by atoms with E-state index in [1.54, 1.807) is 28.6 Å². The van der Waals surface area contributed by atoms with Crippen LogP contribution in [0.2, 0.25) is 0 Å². The van der Waals surface area contributed by atoms with Crippen molar-refractivity contribution in [3.8, 4) is 0 Å². The summed E-state index contributed by atoms with van der Waals surface area (Å²) in [4.78, 5) is 15.3. The van der Waals surface area contributed by atoms with Gasteiger partial charge in [-0.15, -0.1) is 0 Å². The van der Waals surface area contributed by atoms with Gasteiger partial charge in [0.25, 0.3) is 0 Å². The van der Waals surface area contributed by atoms with E-state index in [0.29, 0.717) is 31.0 Å². The van der Waals surface area contributed by atoms with Crippen molar-refractivity contribution >= 4 is 15.9 Å². The fourth-order valence-electron chi connectivity index (χ4n) is 5.32. The molecule has 0 atom stereocenters. The van der Waals surface area contributed by atoms with Crippen LogP contribution in [0, 0.1) is 11.8 Å². The van der Waals surface area contributed by atoms with E-state index in [9.17, 15) is 13.2 Å². The molecule has 2 aliphatic rings. The third kappa shape index (κ3) is 7.63. The molecule has 6 nitrogen and oxygen atoms in total. The van der Waals surface area contributed by atoms with Crippen LogP contribution in [-0.4, -0.2) is 62.8 Å². The Bertz CT molecular complexity index is 1010. The minimum Gasteiger partial charge on any atom is -0.356 e. The molecule has 35 heavy (non-hydrogen) atoms. The number of nitrogens with one attached hydrogen (secondary N) is 1. The molecule has 190 valence electrons. The van der Waals surface area contributed by atoms with Crippen molar-refractivity contribution in [2.45, 2.75) is 49.8 Å². The first-order valence-electron chi connectivity index (χ1n) is 13.1. The quantitative estimate of drug-likeness (QED) is 0.505. The summed E-state index contributed by atoms with van der Waals surface area (Å²) in [6, 6.07) is 19.4. The predicted octanol–water partition coefficient (Wildman–Crippen LogP) is 3.94. The first kappa shape index (κ1) is 25.9. The maximum Gasteiger partial charge on any atom is 0.243 e. The molecule has 0 aromatic heterocycles. The van der Waals surface area contributed by atoms with Crippen molar-refractivity contribution in [2.75, 3.05) is 39.3 Å². The molecule has 2 aromatic carbocycles. The summed E-state index contributed by atoms with van der Waals surface area (Å²) in [5.74, 6) is 1.12. The first-order chi connectivity index (χ1) is 17.0. The fourth-order valence-corrected chi connectivity index (χ4v) is 6.81. The van der Waals surface area contributed by atoms with Crippen LogP contribution in [0.3, 0.4) is 0 Å². The van der Waals surface area contributed by atoms with Gasteiger partial charge in [0, 0.05) is 26.1 Å². The average molecular weight is 498 g/mol. The fraction of sp³-hybridized carbons (Fsp3) is 0.536. The lowest BCUT2D eigenvalue weighted by Gasteiger charge is -2.32. The van der Waals surface area contributed by atoms with Crippen molar-refractivity contribution in [2.24, 2.45) is 11.8 Å². The minimum atomic E-state index is -3.43. The molecule has 7 heteroatoms. The number of nitrogens with zero attached hydrogens (tertiary/aromatic N) is 2. The molecule has 0 bridgehead atoms. The van der Waals surface area contributed by atoms with Gasteiger partial charge < -0.3 is 10.2 Å². The zero-order valence-corrected chi connectivity index (χ0v) is 21.5. The van der Waals surface area contributed by atoms with Gasteiger partial charge in [0.05, 0.1) is 4.90 Å². The van der Waals surface area contributed by atoms with Crippen molar-refractivity contribution in [3.05, 3.63) is 66.2 Å². The number of piperidine rings is 2. The molecule has 0 radical (unpaired) electrons. The normalized spacial score (nSPS) is 19.0. The van der Waals surface area contributed by atoms with E-state index in [1.807, 2.05) is 6.07 Å². The van der Waals surface area contributed by atoms with Crippen LogP contribution >= 0.6 is 0 Å².